The molecule has 1 aromatic rings. The second-order valence-electron chi connectivity index (χ2n) is 4.42. The summed E-state index contributed by atoms with van der Waals surface area (Å²) in [6.45, 7) is 8.46. The predicted molar refractivity (Wildman–Crippen MR) is 70.6 cm³/mol. The predicted octanol–water partition coefficient (Wildman–Crippen LogP) is 3.91. The molecule has 0 saturated heterocycles. The summed E-state index contributed by atoms with van der Waals surface area (Å²) in [5.74, 6) is 0.997. The van der Waals surface area contributed by atoms with E-state index in [-0.39, 0.29) is 8.46 Å². The molecule has 0 spiro atoms. The van der Waals surface area contributed by atoms with Crippen LogP contribution in [0, 0.1) is 18.8 Å². The van der Waals surface area contributed by atoms with Crippen LogP contribution in [0.5, 0.6) is 0 Å². The SMILES string of the molecule is Cc1cccc(P=O)c1N=CC(C)C(C)C. The highest BCUT2D eigenvalue weighted by molar-refractivity contribution is 7.34. The molecule has 0 heterocycles. The lowest BCUT2D eigenvalue weighted by Gasteiger charge is -2.09. The van der Waals surface area contributed by atoms with Crippen molar-refractivity contribution in [3.05, 3.63) is 23.8 Å². The Kier molecular flexibility index (Phi) is 4.82. The van der Waals surface area contributed by atoms with Crippen LogP contribution in [0.15, 0.2) is 23.2 Å². The third-order valence-corrected chi connectivity index (χ3v) is 3.36. The lowest BCUT2D eigenvalue weighted by atomic mass is 10.00. The van der Waals surface area contributed by atoms with E-state index >= 15 is 0 Å². The quantitative estimate of drug-likeness (QED) is 0.574. The number of hydrogen-bond acceptors (Lipinski definition) is 2. The molecule has 0 fully saturated rings. The van der Waals surface area contributed by atoms with Crippen molar-refractivity contribution in [2.45, 2.75) is 27.7 Å². The fourth-order valence-electron chi connectivity index (χ4n) is 1.25. The molecular weight excluding hydrogens is 217 g/mol. The van der Waals surface area contributed by atoms with E-state index in [4.69, 9.17) is 0 Å². The smallest absolute Gasteiger partial charge is 0.194 e. The van der Waals surface area contributed by atoms with Crippen LogP contribution >= 0.6 is 8.46 Å². The Morgan fingerprint density at radius 2 is 2.00 bits per heavy atom. The molecule has 0 bridgehead atoms. The minimum atomic E-state index is 0.0327. The number of aliphatic imine (C=N–C) groups is 1. The van der Waals surface area contributed by atoms with Gasteiger partial charge in [-0.3, -0.25) is 9.56 Å². The van der Waals surface area contributed by atoms with Gasteiger partial charge in [-0.1, -0.05) is 32.9 Å². The third kappa shape index (κ3) is 3.24. The van der Waals surface area contributed by atoms with Gasteiger partial charge in [0.1, 0.15) is 0 Å². The van der Waals surface area contributed by atoms with Gasteiger partial charge in [0.15, 0.2) is 8.46 Å². The number of hydrogen-bond donors (Lipinski definition) is 0. The van der Waals surface area contributed by atoms with Crippen molar-refractivity contribution < 1.29 is 4.57 Å². The minimum Gasteiger partial charge on any atom is -0.269 e. The first-order chi connectivity index (χ1) is 7.56. The van der Waals surface area contributed by atoms with E-state index in [2.05, 4.69) is 25.8 Å². The molecule has 2 nitrogen and oxygen atoms in total. The zero-order valence-corrected chi connectivity index (χ0v) is 11.2. The number of rotatable bonds is 4. The van der Waals surface area contributed by atoms with Gasteiger partial charge < -0.3 is 0 Å². The highest BCUT2D eigenvalue weighted by atomic mass is 31.1. The largest absolute Gasteiger partial charge is 0.269 e. The van der Waals surface area contributed by atoms with Gasteiger partial charge in [0, 0.05) is 6.21 Å². The van der Waals surface area contributed by atoms with Crippen molar-refractivity contribution in [3.63, 3.8) is 0 Å². The van der Waals surface area contributed by atoms with E-state index in [1.807, 2.05) is 31.3 Å². The number of benzene rings is 1. The van der Waals surface area contributed by atoms with Crippen molar-refractivity contribution in [2.75, 3.05) is 0 Å². The first-order valence-electron chi connectivity index (χ1n) is 5.53. The van der Waals surface area contributed by atoms with E-state index in [0.717, 1.165) is 16.6 Å². The molecule has 3 heteroatoms. The molecule has 0 N–H and O–H groups in total. The van der Waals surface area contributed by atoms with Crippen LogP contribution in [0.2, 0.25) is 0 Å². The van der Waals surface area contributed by atoms with Crippen LogP contribution in [0.3, 0.4) is 0 Å². The molecule has 1 unspecified atom stereocenters. The molecule has 0 radical (unpaired) electrons. The Morgan fingerprint density at radius 3 is 2.56 bits per heavy atom. The first-order valence-corrected chi connectivity index (χ1v) is 6.34. The van der Waals surface area contributed by atoms with E-state index < -0.39 is 0 Å². The monoisotopic (exact) mass is 235 g/mol. The van der Waals surface area contributed by atoms with Gasteiger partial charge in [-0.25, -0.2) is 0 Å². The van der Waals surface area contributed by atoms with Gasteiger partial charge in [0.2, 0.25) is 0 Å². The molecule has 0 amide bonds. The van der Waals surface area contributed by atoms with E-state index in [0.29, 0.717) is 11.8 Å². The summed E-state index contributed by atoms with van der Waals surface area (Å²) in [5.41, 5.74) is 1.90. The summed E-state index contributed by atoms with van der Waals surface area (Å²) in [4.78, 5) is 4.47. The summed E-state index contributed by atoms with van der Waals surface area (Å²) in [6.07, 6.45) is 1.95. The molecule has 0 aromatic heterocycles. The topological polar surface area (TPSA) is 29.4 Å². The van der Waals surface area contributed by atoms with Crippen LogP contribution in [0.4, 0.5) is 5.69 Å². The van der Waals surface area contributed by atoms with Crippen LogP contribution < -0.4 is 5.30 Å². The van der Waals surface area contributed by atoms with E-state index in [1.165, 1.54) is 0 Å². The van der Waals surface area contributed by atoms with Crippen LogP contribution in [-0.4, -0.2) is 6.21 Å². The molecule has 1 aromatic carbocycles. The van der Waals surface area contributed by atoms with Gasteiger partial charge in [-0.05, 0) is 30.4 Å². The van der Waals surface area contributed by atoms with Crippen molar-refractivity contribution >= 4 is 25.7 Å². The van der Waals surface area contributed by atoms with Crippen molar-refractivity contribution in [1.82, 2.24) is 0 Å². The van der Waals surface area contributed by atoms with E-state index in [9.17, 15) is 4.57 Å². The lowest BCUT2D eigenvalue weighted by Crippen LogP contribution is -2.05. The maximum absolute atomic E-state index is 11.0. The average molecular weight is 235 g/mol. The molecule has 1 rings (SSSR count). The number of aryl methyl sites for hydroxylation is 1. The lowest BCUT2D eigenvalue weighted by molar-refractivity contribution is 0.541. The Balaban J connectivity index is 3.00. The minimum absolute atomic E-state index is 0.0327. The van der Waals surface area contributed by atoms with Crippen LogP contribution in [-0.2, 0) is 4.57 Å². The maximum Gasteiger partial charge on any atom is 0.194 e. The average Bonchev–Trinajstić information content (AvgIpc) is 2.26. The molecular formula is C13H18NOP. The number of nitrogens with zero attached hydrogens (tertiary/aromatic N) is 1. The first kappa shape index (κ1) is 13.1. The Bertz CT molecular complexity index is 399. The van der Waals surface area contributed by atoms with Crippen molar-refractivity contribution in [1.29, 1.82) is 0 Å². The fourth-order valence-corrected chi connectivity index (χ4v) is 1.72. The van der Waals surface area contributed by atoms with Crippen LogP contribution in [0.1, 0.15) is 26.3 Å². The Labute approximate surface area is 99.0 Å². The standard InChI is InChI=1S/C13H18NOP/c1-9(2)11(4)8-14-13-10(3)6-5-7-12(13)16-15/h5-9,11H,1-4H3. The van der Waals surface area contributed by atoms with Gasteiger partial charge >= 0.3 is 0 Å². The molecule has 0 aliphatic carbocycles. The van der Waals surface area contributed by atoms with E-state index in [1.54, 1.807) is 0 Å². The Morgan fingerprint density at radius 1 is 1.31 bits per heavy atom. The normalized spacial score (nSPS) is 13.8. The number of para-hydroxylation sites is 1. The summed E-state index contributed by atoms with van der Waals surface area (Å²) < 4.78 is 11.0. The van der Waals surface area contributed by atoms with Gasteiger partial charge in [0.25, 0.3) is 0 Å². The Hall–Kier alpha value is -1.01. The molecule has 86 valence electrons. The summed E-state index contributed by atoms with van der Waals surface area (Å²) in [7, 11) is 0.0327. The molecule has 1 atom stereocenters. The summed E-state index contributed by atoms with van der Waals surface area (Å²) in [5, 5.41) is 0.757. The van der Waals surface area contributed by atoms with Gasteiger partial charge in [0.05, 0.1) is 11.0 Å². The third-order valence-electron chi connectivity index (χ3n) is 2.81. The summed E-state index contributed by atoms with van der Waals surface area (Å²) in [6, 6.07) is 5.73. The van der Waals surface area contributed by atoms with Crippen molar-refractivity contribution in [3.8, 4) is 0 Å². The highest BCUT2D eigenvalue weighted by Gasteiger charge is 2.06. The molecule has 0 aliphatic rings. The maximum atomic E-state index is 11.0. The second kappa shape index (κ2) is 5.91. The van der Waals surface area contributed by atoms with Gasteiger partial charge in [-0.15, -0.1) is 0 Å². The fraction of sp³-hybridized carbons (Fsp3) is 0.462. The van der Waals surface area contributed by atoms with Crippen LogP contribution in [0.25, 0.3) is 0 Å². The van der Waals surface area contributed by atoms with Gasteiger partial charge in [-0.2, -0.15) is 0 Å². The second-order valence-corrected chi connectivity index (χ2v) is 5.08. The summed E-state index contributed by atoms with van der Waals surface area (Å²) >= 11 is 0. The van der Waals surface area contributed by atoms with Crippen molar-refractivity contribution in [2.24, 2.45) is 16.8 Å². The zero-order chi connectivity index (χ0) is 12.1. The molecule has 0 saturated carbocycles. The highest BCUT2D eigenvalue weighted by Crippen LogP contribution is 2.20. The molecule has 16 heavy (non-hydrogen) atoms. The molecule has 0 aliphatic heterocycles. The zero-order valence-electron chi connectivity index (χ0n) is 10.3.